The highest BCUT2D eigenvalue weighted by molar-refractivity contribution is 5.87. The molecule has 138 valence electrons. The van der Waals surface area contributed by atoms with Gasteiger partial charge >= 0.3 is 11.9 Å². The minimum atomic E-state index is -1.14. The molecule has 0 spiro atoms. The third-order valence-corrected chi connectivity index (χ3v) is 4.37. The Hall–Kier alpha value is -2.83. The Kier molecular flexibility index (Phi) is 4.71. The summed E-state index contributed by atoms with van der Waals surface area (Å²) in [6.45, 7) is 4.18. The monoisotopic (exact) mass is 359 g/mol. The van der Waals surface area contributed by atoms with Gasteiger partial charge in [-0.1, -0.05) is 12.1 Å². The maximum atomic E-state index is 11.6. The number of fused-ring (bicyclic) bond motifs is 2. The van der Waals surface area contributed by atoms with Crippen LogP contribution in [0.4, 0.5) is 0 Å². The van der Waals surface area contributed by atoms with Crippen LogP contribution in [0.5, 0.6) is 11.6 Å². The van der Waals surface area contributed by atoms with Crippen LogP contribution in [0.1, 0.15) is 26.3 Å². The summed E-state index contributed by atoms with van der Waals surface area (Å²) in [5, 5.41) is 0.882. The number of ether oxygens (including phenoxy) is 4. The van der Waals surface area contributed by atoms with Crippen LogP contribution in [0.2, 0.25) is 0 Å². The van der Waals surface area contributed by atoms with Crippen LogP contribution < -0.4 is 9.47 Å². The largest absolute Gasteiger partial charge is 0.496 e. The van der Waals surface area contributed by atoms with E-state index in [0.717, 1.165) is 16.5 Å². The summed E-state index contributed by atoms with van der Waals surface area (Å²) in [5.41, 5.74) is 0.408. The zero-order chi connectivity index (χ0) is 18.9. The fourth-order valence-electron chi connectivity index (χ4n) is 3.17. The lowest BCUT2D eigenvalue weighted by molar-refractivity contribution is -0.179. The Morgan fingerprint density at radius 2 is 2.00 bits per heavy atom. The molecule has 0 radical (unpaired) electrons. The average molecular weight is 359 g/mol. The summed E-state index contributed by atoms with van der Waals surface area (Å²) >= 11 is 0. The van der Waals surface area contributed by atoms with Crippen LogP contribution in [0, 0.1) is 0 Å². The number of nitrogens with zero attached hydrogens (tertiary/aromatic N) is 1. The van der Waals surface area contributed by atoms with Crippen LogP contribution in [-0.2, 0) is 25.5 Å². The number of hydrogen-bond acceptors (Lipinski definition) is 7. The molecular weight excluding hydrogens is 338 g/mol. The van der Waals surface area contributed by atoms with Gasteiger partial charge in [-0.2, -0.15) is 0 Å². The number of aromatic nitrogens is 1. The van der Waals surface area contributed by atoms with Crippen molar-refractivity contribution in [3.63, 3.8) is 0 Å². The molecule has 0 N–H and O–H groups in total. The number of pyridine rings is 1. The number of hydrogen-bond donors (Lipinski definition) is 0. The smallest absolute Gasteiger partial charge is 0.303 e. The molecule has 3 rings (SSSR count). The Balaban J connectivity index is 1.98. The molecule has 1 aromatic heterocycles. The van der Waals surface area contributed by atoms with Crippen LogP contribution in [-0.4, -0.2) is 42.3 Å². The van der Waals surface area contributed by atoms with Gasteiger partial charge in [0.25, 0.3) is 0 Å². The molecule has 1 aromatic carbocycles. The van der Waals surface area contributed by atoms with Crippen molar-refractivity contribution in [2.45, 2.75) is 38.9 Å². The lowest BCUT2D eigenvalue weighted by atomic mass is 9.95. The van der Waals surface area contributed by atoms with Gasteiger partial charge in [0.1, 0.15) is 18.5 Å². The van der Waals surface area contributed by atoms with E-state index >= 15 is 0 Å². The molecule has 0 saturated carbocycles. The van der Waals surface area contributed by atoms with Crippen molar-refractivity contribution in [3.05, 3.63) is 29.8 Å². The zero-order valence-corrected chi connectivity index (χ0v) is 15.2. The first-order chi connectivity index (χ1) is 12.3. The molecule has 26 heavy (non-hydrogen) atoms. The Bertz CT molecular complexity index is 864. The molecule has 7 heteroatoms. The van der Waals surface area contributed by atoms with Crippen molar-refractivity contribution >= 4 is 22.8 Å². The Labute approximate surface area is 151 Å². The second-order valence-corrected chi connectivity index (χ2v) is 6.44. The third-order valence-electron chi connectivity index (χ3n) is 4.37. The fourth-order valence-corrected chi connectivity index (χ4v) is 3.17. The average Bonchev–Trinajstić information content (AvgIpc) is 3.01. The van der Waals surface area contributed by atoms with E-state index in [1.807, 2.05) is 24.3 Å². The summed E-state index contributed by atoms with van der Waals surface area (Å²) in [5.74, 6) is 0.183. The fraction of sp³-hybridized carbons (Fsp3) is 0.421. The van der Waals surface area contributed by atoms with E-state index in [9.17, 15) is 9.59 Å². The number of esters is 2. The second kappa shape index (κ2) is 6.82. The highest BCUT2D eigenvalue weighted by atomic mass is 16.6. The topological polar surface area (TPSA) is 83.9 Å². The first-order valence-corrected chi connectivity index (χ1v) is 8.29. The van der Waals surface area contributed by atoms with Gasteiger partial charge in [-0.25, -0.2) is 4.98 Å². The quantitative estimate of drug-likeness (QED) is 0.758. The van der Waals surface area contributed by atoms with Gasteiger partial charge in [0.05, 0.1) is 18.2 Å². The summed E-state index contributed by atoms with van der Waals surface area (Å²) in [6.07, 6.45) is -0.138. The zero-order valence-electron chi connectivity index (χ0n) is 15.2. The molecule has 0 saturated heterocycles. The molecule has 0 bridgehead atoms. The summed E-state index contributed by atoms with van der Waals surface area (Å²) in [7, 11) is 1.60. The van der Waals surface area contributed by atoms with Gasteiger partial charge < -0.3 is 18.9 Å². The Morgan fingerprint density at radius 3 is 2.65 bits per heavy atom. The molecule has 2 aromatic rings. The van der Waals surface area contributed by atoms with Gasteiger partial charge in [0.15, 0.2) is 5.60 Å². The van der Waals surface area contributed by atoms with Gasteiger partial charge in [0, 0.05) is 25.7 Å². The molecule has 2 atom stereocenters. The van der Waals surface area contributed by atoms with E-state index in [-0.39, 0.29) is 6.61 Å². The van der Waals surface area contributed by atoms with E-state index in [4.69, 9.17) is 18.9 Å². The standard InChI is InChI=1S/C19H21NO6/c1-11(21)24-10-19(3,26-12(2)22)16-9-14-17(23-4)13-7-5-6-8-15(13)20-18(14)25-16/h5-8,16H,9-10H2,1-4H3/t16-,19-/m1/s1. The van der Waals surface area contributed by atoms with Crippen LogP contribution in [0.15, 0.2) is 24.3 Å². The predicted molar refractivity (Wildman–Crippen MR) is 93.2 cm³/mol. The minimum absolute atomic E-state index is 0.109. The highest BCUT2D eigenvalue weighted by Gasteiger charge is 2.46. The van der Waals surface area contributed by atoms with Gasteiger partial charge in [0.2, 0.25) is 5.88 Å². The number of para-hydroxylation sites is 1. The van der Waals surface area contributed by atoms with Crippen LogP contribution >= 0.6 is 0 Å². The number of rotatable bonds is 5. The van der Waals surface area contributed by atoms with Crippen LogP contribution in [0.3, 0.4) is 0 Å². The van der Waals surface area contributed by atoms with Gasteiger partial charge in [-0.3, -0.25) is 9.59 Å². The van der Waals surface area contributed by atoms with E-state index in [0.29, 0.717) is 18.1 Å². The molecule has 0 aliphatic carbocycles. The summed E-state index contributed by atoms with van der Waals surface area (Å²) in [6, 6.07) is 7.60. The SMILES string of the molecule is COc1c2c(nc3ccccc13)O[C@@H]([C@@](C)(COC(C)=O)OC(C)=O)C2. The highest BCUT2D eigenvalue weighted by Crippen LogP contribution is 2.42. The van der Waals surface area contributed by atoms with Crippen molar-refractivity contribution in [3.8, 4) is 11.6 Å². The van der Waals surface area contributed by atoms with Crippen molar-refractivity contribution in [2.75, 3.05) is 13.7 Å². The Morgan fingerprint density at radius 1 is 1.27 bits per heavy atom. The summed E-state index contributed by atoms with van der Waals surface area (Å²) < 4.78 is 22.2. The molecule has 1 aliphatic rings. The van der Waals surface area contributed by atoms with Crippen LogP contribution in [0.25, 0.3) is 10.9 Å². The number of carbonyl (C=O) groups is 2. The van der Waals surface area contributed by atoms with E-state index in [1.165, 1.54) is 13.8 Å². The number of carbonyl (C=O) groups excluding carboxylic acids is 2. The van der Waals surface area contributed by atoms with Crippen molar-refractivity contribution in [2.24, 2.45) is 0 Å². The summed E-state index contributed by atoms with van der Waals surface area (Å²) in [4.78, 5) is 27.4. The molecule has 2 heterocycles. The molecule has 0 fully saturated rings. The minimum Gasteiger partial charge on any atom is -0.496 e. The number of benzene rings is 1. The van der Waals surface area contributed by atoms with Crippen molar-refractivity contribution in [1.29, 1.82) is 0 Å². The third kappa shape index (κ3) is 3.29. The second-order valence-electron chi connectivity index (χ2n) is 6.44. The molecule has 1 aliphatic heterocycles. The van der Waals surface area contributed by atoms with Gasteiger partial charge in [-0.15, -0.1) is 0 Å². The van der Waals surface area contributed by atoms with E-state index in [2.05, 4.69) is 4.98 Å². The molecule has 0 amide bonds. The number of methoxy groups -OCH3 is 1. The van der Waals surface area contributed by atoms with E-state index in [1.54, 1.807) is 14.0 Å². The van der Waals surface area contributed by atoms with Crippen molar-refractivity contribution in [1.82, 2.24) is 4.98 Å². The van der Waals surface area contributed by atoms with Crippen molar-refractivity contribution < 1.29 is 28.5 Å². The predicted octanol–water partition coefficient (Wildman–Crippen LogP) is 2.43. The normalized spacial score (nSPS) is 17.8. The maximum absolute atomic E-state index is 11.6. The molecule has 0 unspecified atom stereocenters. The van der Waals surface area contributed by atoms with E-state index < -0.39 is 23.6 Å². The lowest BCUT2D eigenvalue weighted by Gasteiger charge is -2.33. The molecular formula is C19H21NO6. The lowest BCUT2D eigenvalue weighted by Crippen LogP contribution is -2.50. The maximum Gasteiger partial charge on any atom is 0.303 e. The van der Waals surface area contributed by atoms with Gasteiger partial charge in [-0.05, 0) is 19.1 Å². The molecule has 7 nitrogen and oxygen atoms in total. The first-order valence-electron chi connectivity index (χ1n) is 8.29. The first kappa shape index (κ1) is 18.0.